The highest BCUT2D eigenvalue weighted by Crippen LogP contribution is 2.31. The highest BCUT2D eigenvalue weighted by atomic mass is 16.5. The summed E-state index contributed by atoms with van der Waals surface area (Å²) in [7, 11) is 3.94. The predicted molar refractivity (Wildman–Crippen MR) is 138 cm³/mol. The van der Waals surface area contributed by atoms with Crippen LogP contribution >= 0.6 is 0 Å². The molecule has 0 radical (unpaired) electrons. The van der Waals surface area contributed by atoms with Crippen molar-refractivity contribution in [1.29, 1.82) is 0 Å². The van der Waals surface area contributed by atoms with Gasteiger partial charge in [0.25, 0.3) is 0 Å². The zero-order valence-corrected chi connectivity index (χ0v) is 21.0. The second-order valence-electron chi connectivity index (χ2n) is 10.2. The molecule has 3 aromatic heterocycles. The van der Waals surface area contributed by atoms with Crippen molar-refractivity contribution in [2.24, 2.45) is 5.92 Å². The van der Waals surface area contributed by atoms with E-state index in [1.165, 1.54) is 38.6 Å². The molecule has 1 aromatic carbocycles. The molecule has 0 bridgehead atoms. The van der Waals surface area contributed by atoms with Crippen LogP contribution in [-0.2, 0) is 6.54 Å². The van der Waals surface area contributed by atoms with E-state index in [4.69, 9.17) is 4.74 Å². The first-order chi connectivity index (χ1) is 17.7. The molecular weight excluding hydrogens is 454 g/mol. The van der Waals surface area contributed by atoms with Crippen molar-refractivity contribution in [1.82, 2.24) is 40.3 Å². The van der Waals surface area contributed by atoms with Gasteiger partial charge in [0.05, 0.1) is 37.3 Å². The number of aromatic nitrogens is 7. The number of aromatic amines is 1. The van der Waals surface area contributed by atoms with Gasteiger partial charge in [-0.2, -0.15) is 10.2 Å². The van der Waals surface area contributed by atoms with Crippen molar-refractivity contribution in [2.45, 2.75) is 44.7 Å². The number of anilines is 1. The third kappa shape index (κ3) is 4.65. The van der Waals surface area contributed by atoms with E-state index in [9.17, 15) is 0 Å². The van der Waals surface area contributed by atoms with Crippen molar-refractivity contribution in [2.75, 3.05) is 38.7 Å². The molecule has 6 rings (SSSR count). The van der Waals surface area contributed by atoms with Crippen LogP contribution in [0.1, 0.15) is 37.8 Å². The minimum absolute atomic E-state index is 0.505. The molecule has 10 nitrogen and oxygen atoms in total. The molecule has 1 N–H and O–H groups in total. The number of benzene rings is 1. The molecule has 2 fully saturated rings. The van der Waals surface area contributed by atoms with Gasteiger partial charge in [-0.3, -0.25) is 5.10 Å². The number of nitrogens with one attached hydrogen (secondary N) is 1. The normalized spacial score (nSPS) is 18.6. The summed E-state index contributed by atoms with van der Waals surface area (Å²) in [6.07, 6.45) is 10.4. The lowest BCUT2D eigenvalue weighted by Gasteiger charge is -2.40. The molecule has 4 aromatic rings. The number of piperidine rings is 1. The summed E-state index contributed by atoms with van der Waals surface area (Å²) in [6.45, 7) is 3.79. The molecule has 10 heteroatoms. The molecule has 1 atom stereocenters. The number of H-pyrrole nitrogens is 1. The summed E-state index contributed by atoms with van der Waals surface area (Å²) >= 11 is 0. The number of rotatable bonds is 8. The van der Waals surface area contributed by atoms with Gasteiger partial charge in [-0.25, -0.2) is 4.68 Å². The van der Waals surface area contributed by atoms with Crippen LogP contribution < -0.4 is 9.64 Å². The smallest absolute Gasteiger partial charge is 0.151 e. The van der Waals surface area contributed by atoms with Crippen molar-refractivity contribution in [3.8, 4) is 17.0 Å². The molecule has 1 saturated carbocycles. The monoisotopic (exact) mass is 487 g/mol. The van der Waals surface area contributed by atoms with Crippen LogP contribution in [0, 0.1) is 5.92 Å². The number of hydrogen-bond acceptors (Lipinski definition) is 8. The van der Waals surface area contributed by atoms with E-state index in [2.05, 4.69) is 53.6 Å². The van der Waals surface area contributed by atoms with Gasteiger partial charge < -0.3 is 14.5 Å². The van der Waals surface area contributed by atoms with Crippen LogP contribution in [0.4, 0.5) is 5.82 Å². The van der Waals surface area contributed by atoms with Gasteiger partial charge in [0, 0.05) is 42.7 Å². The third-order valence-corrected chi connectivity index (χ3v) is 7.73. The van der Waals surface area contributed by atoms with Crippen LogP contribution in [-0.4, -0.2) is 80.1 Å². The average molecular weight is 488 g/mol. The lowest BCUT2D eigenvalue weighted by atomic mass is 9.84. The van der Waals surface area contributed by atoms with Crippen molar-refractivity contribution >= 4 is 16.7 Å². The number of hydrogen-bond donors (Lipinski definition) is 1. The zero-order valence-electron chi connectivity index (χ0n) is 21.0. The quantitative estimate of drug-likeness (QED) is 0.404. The van der Waals surface area contributed by atoms with Gasteiger partial charge in [-0.15, -0.1) is 10.2 Å². The van der Waals surface area contributed by atoms with Crippen molar-refractivity contribution in [3.63, 3.8) is 0 Å². The summed E-state index contributed by atoms with van der Waals surface area (Å²) in [5.41, 5.74) is 3.43. The Hall–Kier alpha value is -3.53. The topological polar surface area (TPSA) is 101 Å². The van der Waals surface area contributed by atoms with Crippen LogP contribution in [0.3, 0.4) is 0 Å². The van der Waals surface area contributed by atoms with E-state index in [1.807, 2.05) is 24.4 Å². The molecule has 0 amide bonds. The second kappa shape index (κ2) is 9.85. The van der Waals surface area contributed by atoms with Gasteiger partial charge in [-0.05, 0) is 56.8 Å². The highest BCUT2D eigenvalue weighted by molar-refractivity contribution is 5.94. The number of fused-ring (bicyclic) bond motifs is 1. The first-order valence-electron chi connectivity index (χ1n) is 12.9. The van der Waals surface area contributed by atoms with Crippen molar-refractivity contribution in [3.05, 3.63) is 42.4 Å². The number of likely N-dealkylation sites (N-methyl/N-ethyl adjacent to an activating group) is 1. The number of nitrogens with zero attached hydrogens (tertiary/aromatic N) is 8. The number of ether oxygens (including phenoxy) is 1. The lowest BCUT2D eigenvalue weighted by Crippen LogP contribution is -2.48. The molecule has 2 aliphatic rings. The Morgan fingerprint density at radius 1 is 1.11 bits per heavy atom. The highest BCUT2D eigenvalue weighted by Gasteiger charge is 2.27. The maximum Gasteiger partial charge on any atom is 0.151 e. The first-order valence-corrected chi connectivity index (χ1v) is 12.9. The van der Waals surface area contributed by atoms with E-state index in [0.717, 1.165) is 58.4 Å². The Labute approximate surface area is 210 Å². The van der Waals surface area contributed by atoms with Gasteiger partial charge in [0.15, 0.2) is 5.82 Å². The number of methoxy groups -OCH3 is 1. The molecule has 0 unspecified atom stereocenters. The van der Waals surface area contributed by atoms with Gasteiger partial charge in [-0.1, -0.05) is 11.6 Å². The Bertz CT molecular complexity index is 1310. The standard InChI is InChI=1S/C26H33N9O/c1-33(14-18-5-3-6-18)20-7-4-10-34(16-20)26-9-8-19(28-31-26)15-35-17-25(30-32-35)22-11-21(36-2)12-24-23(22)13-27-29-24/h8-9,11-13,17-18,20H,3-7,10,14-16H2,1-2H3,(H,27,29)/t20-/m1/s1. The zero-order chi connectivity index (χ0) is 24.5. The molecule has 1 aliphatic carbocycles. The Balaban J connectivity index is 1.12. The Morgan fingerprint density at radius 3 is 2.81 bits per heavy atom. The molecule has 0 spiro atoms. The average Bonchev–Trinajstić information content (AvgIpc) is 3.55. The molecule has 188 valence electrons. The van der Waals surface area contributed by atoms with Crippen LogP contribution in [0.5, 0.6) is 5.75 Å². The van der Waals surface area contributed by atoms with E-state index in [0.29, 0.717) is 12.6 Å². The van der Waals surface area contributed by atoms with Gasteiger partial charge in [0.2, 0.25) is 0 Å². The lowest BCUT2D eigenvalue weighted by molar-refractivity contribution is 0.149. The Morgan fingerprint density at radius 2 is 2.03 bits per heavy atom. The summed E-state index contributed by atoms with van der Waals surface area (Å²) in [4.78, 5) is 4.95. The fourth-order valence-corrected chi connectivity index (χ4v) is 5.38. The summed E-state index contributed by atoms with van der Waals surface area (Å²) in [5.74, 6) is 2.60. The molecule has 1 aliphatic heterocycles. The fourth-order valence-electron chi connectivity index (χ4n) is 5.38. The molecular formula is C26H33N9O. The summed E-state index contributed by atoms with van der Waals surface area (Å²) < 4.78 is 7.22. The Kier molecular flexibility index (Phi) is 6.27. The van der Waals surface area contributed by atoms with E-state index >= 15 is 0 Å². The molecule has 4 heterocycles. The van der Waals surface area contributed by atoms with E-state index in [1.54, 1.807) is 18.0 Å². The van der Waals surface area contributed by atoms with Gasteiger partial charge >= 0.3 is 0 Å². The SMILES string of the molecule is COc1cc(-c2cn(Cc3ccc(N4CCC[C@@H](N(C)CC5CCC5)C4)nn3)nn2)c2cn[nH]c2c1. The molecule has 1 saturated heterocycles. The third-order valence-electron chi connectivity index (χ3n) is 7.73. The summed E-state index contributed by atoms with van der Waals surface area (Å²) in [6, 6.07) is 8.60. The maximum absolute atomic E-state index is 5.43. The minimum Gasteiger partial charge on any atom is -0.497 e. The van der Waals surface area contributed by atoms with Crippen molar-refractivity contribution < 1.29 is 4.74 Å². The first kappa shape index (κ1) is 22.9. The van der Waals surface area contributed by atoms with Crippen LogP contribution in [0.2, 0.25) is 0 Å². The second-order valence-corrected chi connectivity index (χ2v) is 10.2. The minimum atomic E-state index is 0.505. The predicted octanol–water partition coefficient (Wildman–Crippen LogP) is 3.37. The van der Waals surface area contributed by atoms with Gasteiger partial charge in [0.1, 0.15) is 11.4 Å². The maximum atomic E-state index is 5.43. The van der Waals surface area contributed by atoms with Crippen LogP contribution in [0.25, 0.3) is 22.2 Å². The largest absolute Gasteiger partial charge is 0.497 e. The van der Waals surface area contributed by atoms with E-state index in [-0.39, 0.29) is 0 Å². The fraction of sp³-hybridized carbons (Fsp3) is 0.500. The molecule has 36 heavy (non-hydrogen) atoms. The van der Waals surface area contributed by atoms with E-state index < -0.39 is 0 Å². The summed E-state index contributed by atoms with van der Waals surface area (Å²) in [5, 5.41) is 25.9. The van der Waals surface area contributed by atoms with Crippen LogP contribution in [0.15, 0.2) is 36.7 Å².